The van der Waals surface area contributed by atoms with Gasteiger partial charge in [0.1, 0.15) is 12.4 Å². The molecule has 1 heterocycles. The maximum Gasteiger partial charge on any atom is 0.335 e. The van der Waals surface area contributed by atoms with Crippen LogP contribution in [-0.2, 0) is 4.79 Å². The van der Waals surface area contributed by atoms with Gasteiger partial charge in [-0.05, 0) is 105 Å². The predicted molar refractivity (Wildman–Crippen MR) is 136 cm³/mol. The van der Waals surface area contributed by atoms with Gasteiger partial charge in [0.25, 0.3) is 5.91 Å². The summed E-state index contributed by atoms with van der Waals surface area (Å²) in [4.78, 5) is 30.2. The minimum Gasteiger partial charge on any atom is -0.487 e. The first kappa shape index (κ1) is 22.8. The second-order valence-electron chi connectivity index (χ2n) is 6.13. The van der Waals surface area contributed by atoms with Gasteiger partial charge in [0.2, 0.25) is 0 Å². The molecule has 1 N–H and O–H groups in total. The number of carboxylic acid groups (broad SMARTS) is 1. The molecule has 9 heteroatoms. The molecule has 0 radical (unpaired) electrons. The number of rotatable bonds is 6. The van der Waals surface area contributed by atoms with E-state index in [4.69, 9.17) is 9.84 Å². The molecule has 0 saturated carbocycles. The Balaban J connectivity index is 1.86. The quantitative estimate of drug-likeness (QED) is 0.259. The van der Waals surface area contributed by atoms with Crippen LogP contribution in [-0.4, -0.2) is 40.7 Å². The summed E-state index contributed by atoms with van der Waals surface area (Å²) in [5.41, 5.74) is 1.66. The van der Waals surface area contributed by atoms with E-state index in [0.29, 0.717) is 22.4 Å². The fourth-order valence-corrected chi connectivity index (χ4v) is 5.65. The fourth-order valence-electron chi connectivity index (χ4n) is 2.53. The molecule has 0 spiro atoms. The van der Waals surface area contributed by atoms with Crippen molar-refractivity contribution >= 4 is 85.8 Å². The number of amidine groups is 1. The van der Waals surface area contributed by atoms with E-state index >= 15 is 0 Å². The van der Waals surface area contributed by atoms with Gasteiger partial charge in [-0.1, -0.05) is 12.7 Å². The maximum absolute atomic E-state index is 12.7. The number of amides is 1. The van der Waals surface area contributed by atoms with Crippen LogP contribution in [0.15, 0.2) is 59.0 Å². The summed E-state index contributed by atoms with van der Waals surface area (Å²) in [7, 11) is 1.67. The molecule has 6 nitrogen and oxygen atoms in total. The lowest BCUT2D eigenvalue weighted by Crippen LogP contribution is -2.23. The number of aliphatic imine (C=N–C) groups is 1. The number of nitrogens with zero attached hydrogens (tertiary/aromatic N) is 2. The molecule has 1 amide bonds. The first-order valence-electron chi connectivity index (χ1n) is 8.62. The smallest absolute Gasteiger partial charge is 0.335 e. The normalized spacial score (nSPS) is 16.4. The maximum atomic E-state index is 12.7. The van der Waals surface area contributed by atoms with Gasteiger partial charge in [0.15, 0.2) is 5.17 Å². The van der Waals surface area contributed by atoms with Crippen molar-refractivity contribution in [3.63, 3.8) is 0 Å². The van der Waals surface area contributed by atoms with E-state index in [2.05, 4.69) is 56.8 Å². The Kier molecular flexibility index (Phi) is 7.58. The summed E-state index contributed by atoms with van der Waals surface area (Å²) in [6.45, 7) is 4.09. The molecule has 0 aromatic heterocycles. The largest absolute Gasteiger partial charge is 0.487 e. The van der Waals surface area contributed by atoms with Gasteiger partial charge in [0.05, 0.1) is 23.3 Å². The van der Waals surface area contributed by atoms with Crippen LogP contribution in [0.3, 0.4) is 0 Å². The summed E-state index contributed by atoms with van der Waals surface area (Å²) in [5.74, 6) is -0.335. The average molecular weight is 646 g/mol. The molecule has 154 valence electrons. The highest BCUT2D eigenvalue weighted by Crippen LogP contribution is 2.35. The van der Waals surface area contributed by atoms with Crippen molar-refractivity contribution in [1.29, 1.82) is 0 Å². The molecular formula is C21H16I2N2O4S. The van der Waals surface area contributed by atoms with Crippen LogP contribution >= 0.6 is 56.9 Å². The zero-order chi connectivity index (χ0) is 21.8. The minimum atomic E-state index is -0.993. The van der Waals surface area contributed by atoms with Gasteiger partial charge in [-0.2, -0.15) is 0 Å². The van der Waals surface area contributed by atoms with Gasteiger partial charge >= 0.3 is 5.97 Å². The van der Waals surface area contributed by atoms with Crippen LogP contribution in [0.4, 0.5) is 5.69 Å². The number of halogens is 2. The molecule has 0 unspecified atom stereocenters. The molecule has 1 fully saturated rings. The van der Waals surface area contributed by atoms with Crippen molar-refractivity contribution in [2.45, 2.75) is 0 Å². The Morgan fingerprint density at radius 1 is 1.27 bits per heavy atom. The van der Waals surface area contributed by atoms with Crippen LogP contribution in [0.1, 0.15) is 15.9 Å². The number of carboxylic acids is 1. The lowest BCUT2D eigenvalue weighted by atomic mass is 10.2. The molecule has 0 atom stereocenters. The van der Waals surface area contributed by atoms with Crippen molar-refractivity contribution < 1.29 is 19.4 Å². The summed E-state index contributed by atoms with van der Waals surface area (Å²) < 4.78 is 7.59. The summed E-state index contributed by atoms with van der Waals surface area (Å²) in [5, 5.41) is 9.53. The number of ether oxygens (including phenoxy) is 1. The topological polar surface area (TPSA) is 79.2 Å². The fraction of sp³-hybridized carbons (Fsp3) is 0.0952. The summed E-state index contributed by atoms with van der Waals surface area (Å²) in [6, 6.07) is 10.1. The third-order valence-electron chi connectivity index (χ3n) is 4.01. The molecule has 1 saturated heterocycles. The molecule has 0 aliphatic carbocycles. The zero-order valence-electron chi connectivity index (χ0n) is 15.8. The molecule has 0 bridgehead atoms. The average Bonchev–Trinajstić information content (AvgIpc) is 2.95. The van der Waals surface area contributed by atoms with Gasteiger partial charge < -0.3 is 9.84 Å². The van der Waals surface area contributed by atoms with Crippen molar-refractivity contribution in [1.82, 2.24) is 4.90 Å². The van der Waals surface area contributed by atoms with Gasteiger partial charge in [-0.25, -0.2) is 9.79 Å². The van der Waals surface area contributed by atoms with E-state index in [9.17, 15) is 9.59 Å². The predicted octanol–water partition coefficient (Wildman–Crippen LogP) is 5.39. The first-order valence-corrected chi connectivity index (χ1v) is 11.6. The van der Waals surface area contributed by atoms with Gasteiger partial charge in [-0.15, -0.1) is 0 Å². The van der Waals surface area contributed by atoms with Crippen LogP contribution in [0, 0.1) is 7.14 Å². The Labute approximate surface area is 205 Å². The number of benzene rings is 2. The van der Waals surface area contributed by atoms with E-state index in [1.54, 1.807) is 25.3 Å². The number of thioether (sulfide) groups is 1. The Morgan fingerprint density at radius 2 is 1.90 bits per heavy atom. The zero-order valence-corrected chi connectivity index (χ0v) is 20.9. The Bertz CT molecular complexity index is 1060. The van der Waals surface area contributed by atoms with Crippen molar-refractivity contribution in [2.24, 2.45) is 4.99 Å². The number of carbonyl (C=O) groups is 2. The van der Waals surface area contributed by atoms with Crippen molar-refractivity contribution in [2.75, 3.05) is 13.7 Å². The molecule has 1 aliphatic rings. The first-order chi connectivity index (χ1) is 14.3. The monoisotopic (exact) mass is 646 g/mol. The number of hydrogen-bond donors (Lipinski definition) is 1. The summed E-state index contributed by atoms with van der Waals surface area (Å²) >= 11 is 5.70. The number of likely N-dealkylation sites (N-methyl/N-ethyl adjacent to an activating group) is 1. The highest BCUT2D eigenvalue weighted by Gasteiger charge is 2.30. The molecule has 1 aliphatic heterocycles. The van der Waals surface area contributed by atoms with Crippen LogP contribution in [0.25, 0.3) is 6.08 Å². The lowest BCUT2D eigenvalue weighted by Gasteiger charge is -2.10. The standard InChI is InChI=1S/C21H16I2N2O4S/c1-3-8-29-18-15(22)9-12(10-16(18)23)11-17-19(26)25(2)21(30-17)24-14-6-4-13(5-7-14)20(27)28/h3-7,9-11H,1,8H2,2H3,(H,27,28)/b17-11-,24-21?. The Hall–Kier alpha value is -1.86. The van der Waals surface area contributed by atoms with E-state index < -0.39 is 5.97 Å². The minimum absolute atomic E-state index is 0.141. The molecular weight excluding hydrogens is 630 g/mol. The van der Waals surface area contributed by atoms with Gasteiger partial charge in [0, 0.05) is 7.05 Å². The third kappa shape index (κ3) is 5.24. The van der Waals surface area contributed by atoms with E-state index in [1.807, 2.05) is 18.2 Å². The highest BCUT2D eigenvalue weighted by atomic mass is 127. The van der Waals surface area contributed by atoms with E-state index in [0.717, 1.165) is 18.5 Å². The van der Waals surface area contributed by atoms with Gasteiger partial charge in [-0.3, -0.25) is 9.69 Å². The van der Waals surface area contributed by atoms with Crippen LogP contribution < -0.4 is 4.74 Å². The molecule has 3 rings (SSSR count). The second-order valence-corrected chi connectivity index (χ2v) is 9.47. The third-order valence-corrected chi connectivity index (χ3v) is 6.67. The van der Waals surface area contributed by atoms with E-state index in [-0.39, 0.29) is 11.5 Å². The van der Waals surface area contributed by atoms with Crippen molar-refractivity contribution in [3.05, 3.63) is 72.2 Å². The van der Waals surface area contributed by atoms with Crippen LogP contribution in [0.5, 0.6) is 5.75 Å². The Morgan fingerprint density at radius 3 is 2.47 bits per heavy atom. The number of hydrogen-bond acceptors (Lipinski definition) is 5. The number of aromatic carboxylic acids is 1. The SMILES string of the molecule is C=CCOc1c(I)cc(/C=C2\SC(=Nc3ccc(C(=O)O)cc3)N(C)C2=O)cc1I. The van der Waals surface area contributed by atoms with Crippen LogP contribution in [0.2, 0.25) is 0 Å². The van der Waals surface area contributed by atoms with Crippen molar-refractivity contribution in [3.8, 4) is 5.75 Å². The summed E-state index contributed by atoms with van der Waals surface area (Å²) in [6.07, 6.45) is 3.53. The van der Waals surface area contributed by atoms with E-state index in [1.165, 1.54) is 28.8 Å². The number of carbonyl (C=O) groups excluding carboxylic acids is 1. The highest BCUT2D eigenvalue weighted by molar-refractivity contribution is 14.1. The molecule has 30 heavy (non-hydrogen) atoms. The lowest BCUT2D eigenvalue weighted by molar-refractivity contribution is -0.121. The molecule has 2 aromatic rings. The second kappa shape index (κ2) is 9.96. The molecule has 2 aromatic carbocycles.